The van der Waals surface area contributed by atoms with Gasteiger partial charge in [-0.1, -0.05) is 65.0 Å². The van der Waals surface area contributed by atoms with E-state index in [1.165, 1.54) is 25.7 Å². The first-order chi connectivity index (χ1) is 32.9. The van der Waals surface area contributed by atoms with Gasteiger partial charge in [0.1, 0.15) is 36.1 Å². The van der Waals surface area contributed by atoms with Gasteiger partial charge in [0.2, 0.25) is 41.4 Å². The zero-order valence-electron chi connectivity index (χ0n) is 41.0. The average molecular weight is 979 g/mol. The van der Waals surface area contributed by atoms with Crippen molar-refractivity contribution >= 4 is 52.9 Å². The van der Waals surface area contributed by atoms with Gasteiger partial charge in [-0.15, -0.1) is 0 Å². The Kier molecular flexibility index (Phi) is 22.5. The van der Waals surface area contributed by atoms with E-state index >= 15 is 4.39 Å². The minimum atomic E-state index is -1.64. The Hall–Kier alpha value is -6.83. The smallest absolute Gasteiger partial charge is 0.248 e. The van der Waals surface area contributed by atoms with Crippen molar-refractivity contribution in [3.8, 4) is 11.1 Å². The summed E-state index contributed by atoms with van der Waals surface area (Å²) in [4.78, 5) is 117. The second-order valence-electron chi connectivity index (χ2n) is 18.4. The number of aromatic nitrogens is 1. The summed E-state index contributed by atoms with van der Waals surface area (Å²) in [5.41, 5.74) is 6.20. The van der Waals surface area contributed by atoms with Crippen molar-refractivity contribution in [3.05, 3.63) is 83.7 Å². The number of carbonyl (C=O) groups excluding carboxylic acids is 9. The highest BCUT2D eigenvalue weighted by atomic mass is 19.1. The van der Waals surface area contributed by atoms with Gasteiger partial charge in [-0.05, 0) is 55.0 Å². The van der Waals surface area contributed by atoms with Crippen molar-refractivity contribution in [1.82, 2.24) is 36.1 Å². The Bertz CT molecular complexity index is 2330. The summed E-state index contributed by atoms with van der Waals surface area (Å²) in [6.07, 6.45) is 0.888. The first-order valence-corrected chi connectivity index (χ1v) is 23.3. The fourth-order valence-electron chi connectivity index (χ4n) is 7.76. The van der Waals surface area contributed by atoms with Crippen molar-refractivity contribution in [2.75, 3.05) is 26.2 Å². The van der Waals surface area contributed by atoms with Crippen molar-refractivity contribution in [3.63, 3.8) is 0 Å². The van der Waals surface area contributed by atoms with Gasteiger partial charge in [0.25, 0.3) is 0 Å². The summed E-state index contributed by atoms with van der Waals surface area (Å²) in [7, 11) is 0. The lowest BCUT2D eigenvalue weighted by molar-refractivity contribution is -0.140. The number of hydrogen-bond donors (Lipinski definition) is 7. The number of nitrogens with two attached hydrogens (primary N) is 1. The van der Waals surface area contributed by atoms with E-state index in [1.807, 2.05) is 51.1 Å². The molecular formula is C50H68F2N8O10. The number of hydrogen-bond acceptors (Lipinski definition) is 10. The lowest BCUT2D eigenvalue weighted by Gasteiger charge is -2.41. The molecule has 0 spiro atoms. The van der Waals surface area contributed by atoms with Gasteiger partial charge in [-0.25, -0.2) is 8.78 Å². The third-order valence-corrected chi connectivity index (χ3v) is 11.4. The van der Waals surface area contributed by atoms with Crippen LogP contribution in [0.2, 0.25) is 0 Å². The fraction of sp³-hybridized carbons (Fsp3) is 0.500. The molecule has 0 aliphatic carbocycles. The molecular weight excluding hydrogens is 911 g/mol. The van der Waals surface area contributed by atoms with Crippen molar-refractivity contribution in [1.29, 1.82) is 0 Å². The van der Waals surface area contributed by atoms with Crippen LogP contribution >= 0.6 is 0 Å². The lowest BCUT2D eigenvalue weighted by Crippen LogP contribution is -2.56. The first kappa shape index (κ1) is 57.5. The van der Waals surface area contributed by atoms with E-state index in [9.17, 15) is 52.6 Å². The third-order valence-electron chi connectivity index (χ3n) is 11.4. The Morgan fingerprint density at radius 2 is 1.47 bits per heavy atom. The summed E-state index contributed by atoms with van der Waals surface area (Å²) in [5, 5.41) is 23.3. The maximum atomic E-state index is 15.3. The standard InChI is InChI=1S/C50H68F2N8O10/c1-8-36(63)16-18-44(66)54-20-12-21-55-48(69)39(57-49(70)40(26-43(53)65)58-47(68)30(2)23-42(64)31(3)56-32(4)62)19-22-60(45(67)29-61)46(50(5,6)7)41-24-34(37-25-35(51)15-17-38(37)52)28-59(41)27-33-13-10-9-11-14-33/h9-11,13-15,17,24-25,28,30-31,39-40,46,61H,8,12,16,18-23,26-27,29H2,1-7H3,(H2,53,65)(H,54,66)(H,55,69)(H,56,62)(H,57,70)(H,58,68)/t30-,31+,39+,40+,46+/m1/s1. The van der Waals surface area contributed by atoms with E-state index in [-0.39, 0.29) is 75.5 Å². The third kappa shape index (κ3) is 18.2. The van der Waals surface area contributed by atoms with Crippen molar-refractivity contribution < 1.29 is 57.0 Å². The van der Waals surface area contributed by atoms with Crippen molar-refractivity contribution in [2.45, 2.75) is 124 Å². The van der Waals surface area contributed by atoms with Crippen molar-refractivity contribution in [2.24, 2.45) is 17.1 Å². The predicted molar refractivity (Wildman–Crippen MR) is 256 cm³/mol. The summed E-state index contributed by atoms with van der Waals surface area (Å²) >= 11 is 0. The molecule has 0 fully saturated rings. The summed E-state index contributed by atoms with van der Waals surface area (Å²) in [6, 6.07) is 8.98. The Balaban J connectivity index is 2.03. The monoisotopic (exact) mass is 979 g/mol. The molecule has 3 aromatic rings. The van der Waals surface area contributed by atoms with Crippen LogP contribution < -0.4 is 32.3 Å². The van der Waals surface area contributed by atoms with E-state index in [2.05, 4.69) is 26.6 Å². The molecule has 0 aliphatic rings. The Morgan fingerprint density at radius 3 is 2.09 bits per heavy atom. The number of Topliss-reactive ketones (excluding diaryl/α,β-unsaturated/α-hetero) is 2. The van der Waals surface area contributed by atoms with Gasteiger partial charge >= 0.3 is 0 Å². The zero-order valence-corrected chi connectivity index (χ0v) is 41.0. The minimum absolute atomic E-state index is 0.0000338. The molecule has 0 bridgehead atoms. The van der Waals surface area contributed by atoms with Gasteiger partial charge in [0, 0.05) is 87.7 Å². The zero-order chi connectivity index (χ0) is 52.3. The van der Waals surface area contributed by atoms with Crippen LogP contribution in [0.1, 0.15) is 111 Å². The van der Waals surface area contributed by atoms with E-state index in [0.717, 1.165) is 23.8 Å². The molecule has 1 heterocycles. The van der Waals surface area contributed by atoms with Gasteiger partial charge in [-0.2, -0.15) is 0 Å². The van der Waals surface area contributed by atoms with Crippen LogP contribution in [-0.2, 0) is 49.7 Å². The summed E-state index contributed by atoms with van der Waals surface area (Å²) in [5.74, 6) is -8.11. The number of nitrogens with one attached hydrogen (secondary N) is 5. The molecule has 382 valence electrons. The molecule has 5 atom stereocenters. The molecule has 8 N–H and O–H groups in total. The predicted octanol–water partition coefficient (Wildman–Crippen LogP) is 3.13. The highest BCUT2D eigenvalue weighted by Crippen LogP contribution is 2.41. The second-order valence-corrected chi connectivity index (χ2v) is 18.4. The van der Waals surface area contributed by atoms with Crippen LogP contribution in [0.25, 0.3) is 11.1 Å². The fourth-order valence-corrected chi connectivity index (χ4v) is 7.76. The number of ketones is 2. The Labute approximate surface area is 407 Å². The maximum Gasteiger partial charge on any atom is 0.248 e. The molecule has 20 heteroatoms. The molecule has 7 amide bonds. The number of carbonyl (C=O) groups is 9. The summed E-state index contributed by atoms with van der Waals surface area (Å²) < 4.78 is 31.7. The second kappa shape index (κ2) is 27.4. The number of aliphatic hydroxyl groups excluding tert-OH is 1. The van der Waals surface area contributed by atoms with Crippen LogP contribution in [0, 0.1) is 23.0 Å². The SMILES string of the molecule is CCC(=O)CCC(=O)NCCCNC(=O)[C@H](CCN(C(=O)CO)[C@@H](c1cc(-c2cc(F)ccc2F)cn1Cc1ccccc1)C(C)(C)C)NC(=O)[C@H](CC(N)=O)NC(=O)[C@H](C)CC(=O)[C@H](C)NC(C)=O. The molecule has 70 heavy (non-hydrogen) atoms. The molecule has 0 saturated carbocycles. The van der Waals surface area contributed by atoms with Gasteiger partial charge in [0.05, 0.1) is 18.5 Å². The number of nitrogens with zero attached hydrogens (tertiary/aromatic N) is 2. The van der Waals surface area contributed by atoms with Crippen LogP contribution in [0.5, 0.6) is 0 Å². The number of benzene rings is 2. The number of primary amides is 1. The van der Waals surface area contributed by atoms with E-state index < -0.39 is 101 Å². The molecule has 0 saturated heterocycles. The number of amides is 7. The largest absolute Gasteiger partial charge is 0.387 e. The molecule has 2 aromatic carbocycles. The first-order valence-electron chi connectivity index (χ1n) is 23.3. The van der Waals surface area contributed by atoms with Crippen LogP contribution in [0.15, 0.2) is 60.8 Å². The van der Waals surface area contributed by atoms with Crippen LogP contribution in [0.3, 0.4) is 0 Å². The summed E-state index contributed by atoms with van der Waals surface area (Å²) in [6.45, 7) is 10.3. The minimum Gasteiger partial charge on any atom is -0.387 e. The van der Waals surface area contributed by atoms with Crippen LogP contribution in [0.4, 0.5) is 8.78 Å². The van der Waals surface area contributed by atoms with E-state index in [0.29, 0.717) is 17.7 Å². The number of halogens is 2. The lowest BCUT2D eigenvalue weighted by atomic mass is 9.82. The average Bonchev–Trinajstić information content (AvgIpc) is 3.70. The molecule has 0 aliphatic heterocycles. The molecule has 3 rings (SSSR count). The normalized spacial score (nSPS) is 13.4. The quantitative estimate of drug-likeness (QED) is 0.0523. The highest BCUT2D eigenvalue weighted by Gasteiger charge is 2.38. The van der Waals surface area contributed by atoms with Gasteiger partial charge in [-0.3, -0.25) is 43.2 Å². The maximum absolute atomic E-state index is 15.3. The van der Waals surface area contributed by atoms with Gasteiger partial charge < -0.3 is 46.9 Å². The van der Waals surface area contributed by atoms with E-state index in [1.54, 1.807) is 23.8 Å². The van der Waals surface area contributed by atoms with E-state index in [4.69, 9.17) is 5.73 Å². The molecule has 1 aromatic heterocycles. The number of aliphatic hydroxyl groups is 1. The Morgan fingerprint density at radius 1 is 0.814 bits per heavy atom. The number of rotatable bonds is 28. The molecule has 0 unspecified atom stereocenters. The van der Waals surface area contributed by atoms with Crippen LogP contribution in [-0.4, -0.2) is 112 Å². The molecule has 0 radical (unpaired) electrons. The highest BCUT2D eigenvalue weighted by molar-refractivity contribution is 5.96. The molecule has 18 nitrogen and oxygen atoms in total. The van der Waals surface area contributed by atoms with Gasteiger partial charge in [0.15, 0.2) is 5.78 Å². The topological polar surface area (TPSA) is 268 Å².